The van der Waals surface area contributed by atoms with Gasteiger partial charge in [-0.1, -0.05) is 24.3 Å². The SMILES string of the molecule is CC(CC(=O)N1Cc2ccccc2C(C(=O)O)C1)n1cccn1. The Kier molecular flexibility index (Phi) is 4.14. The van der Waals surface area contributed by atoms with E-state index in [9.17, 15) is 14.7 Å². The van der Waals surface area contributed by atoms with Gasteiger partial charge < -0.3 is 10.0 Å². The van der Waals surface area contributed by atoms with Crippen LogP contribution in [0, 0.1) is 0 Å². The van der Waals surface area contributed by atoms with Crippen molar-refractivity contribution in [3.63, 3.8) is 0 Å². The van der Waals surface area contributed by atoms with Crippen LogP contribution in [0.3, 0.4) is 0 Å². The summed E-state index contributed by atoms with van der Waals surface area (Å²) in [5.41, 5.74) is 1.72. The van der Waals surface area contributed by atoms with Crippen LogP contribution in [0.4, 0.5) is 0 Å². The molecule has 0 bridgehead atoms. The Balaban J connectivity index is 1.76. The van der Waals surface area contributed by atoms with E-state index < -0.39 is 11.9 Å². The molecule has 120 valence electrons. The molecule has 2 aromatic rings. The van der Waals surface area contributed by atoms with E-state index in [2.05, 4.69) is 5.10 Å². The van der Waals surface area contributed by atoms with Gasteiger partial charge in [0.15, 0.2) is 0 Å². The lowest BCUT2D eigenvalue weighted by Crippen LogP contribution is -2.41. The monoisotopic (exact) mass is 313 g/mol. The molecule has 23 heavy (non-hydrogen) atoms. The van der Waals surface area contributed by atoms with Crippen molar-refractivity contribution in [1.29, 1.82) is 0 Å². The molecule has 0 saturated heterocycles. The molecule has 1 aromatic heterocycles. The zero-order valence-electron chi connectivity index (χ0n) is 12.9. The maximum atomic E-state index is 12.6. The molecule has 0 spiro atoms. The number of carbonyl (C=O) groups is 2. The summed E-state index contributed by atoms with van der Waals surface area (Å²) in [6.45, 7) is 2.61. The summed E-state index contributed by atoms with van der Waals surface area (Å²) in [5.74, 6) is -1.60. The summed E-state index contributed by atoms with van der Waals surface area (Å²) in [6, 6.07) is 9.20. The molecule has 1 aliphatic rings. The second-order valence-electron chi connectivity index (χ2n) is 5.90. The average Bonchev–Trinajstić information content (AvgIpc) is 3.08. The molecule has 0 fully saturated rings. The number of benzene rings is 1. The van der Waals surface area contributed by atoms with Gasteiger partial charge >= 0.3 is 5.97 Å². The van der Waals surface area contributed by atoms with E-state index in [-0.39, 0.29) is 18.5 Å². The van der Waals surface area contributed by atoms with Gasteiger partial charge in [0, 0.05) is 31.9 Å². The Labute approximate surface area is 134 Å². The first-order valence-electron chi connectivity index (χ1n) is 7.63. The summed E-state index contributed by atoms with van der Waals surface area (Å²) >= 11 is 0. The Morgan fingerprint density at radius 1 is 1.35 bits per heavy atom. The Morgan fingerprint density at radius 3 is 2.83 bits per heavy atom. The largest absolute Gasteiger partial charge is 0.481 e. The van der Waals surface area contributed by atoms with Crippen molar-refractivity contribution in [2.75, 3.05) is 6.54 Å². The third-order valence-corrected chi connectivity index (χ3v) is 4.29. The van der Waals surface area contributed by atoms with Gasteiger partial charge in [0.25, 0.3) is 0 Å². The highest BCUT2D eigenvalue weighted by molar-refractivity contribution is 5.81. The van der Waals surface area contributed by atoms with E-state index in [0.717, 1.165) is 11.1 Å². The molecule has 1 aliphatic heterocycles. The van der Waals surface area contributed by atoms with Crippen LogP contribution in [-0.4, -0.2) is 38.2 Å². The number of rotatable bonds is 4. The van der Waals surface area contributed by atoms with Gasteiger partial charge in [-0.3, -0.25) is 14.3 Å². The normalized spacial score (nSPS) is 18.3. The van der Waals surface area contributed by atoms with Crippen LogP contribution in [0.25, 0.3) is 0 Å². The number of aromatic nitrogens is 2. The lowest BCUT2D eigenvalue weighted by atomic mass is 9.89. The summed E-state index contributed by atoms with van der Waals surface area (Å²) < 4.78 is 1.74. The number of aliphatic carboxylic acids is 1. The van der Waals surface area contributed by atoms with Gasteiger partial charge in [0.1, 0.15) is 0 Å². The Morgan fingerprint density at radius 2 is 2.13 bits per heavy atom. The van der Waals surface area contributed by atoms with E-state index in [1.54, 1.807) is 15.8 Å². The third kappa shape index (κ3) is 3.11. The molecule has 2 unspecified atom stereocenters. The minimum atomic E-state index is -0.893. The topological polar surface area (TPSA) is 75.4 Å². The molecule has 2 atom stereocenters. The standard InChI is InChI=1S/C17H19N3O3/c1-12(20-8-4-7-18-20)9-16(21)19-10-13-5-2-3-6-14(13)15(11-19)17(22)23/h2-8,12,15H,9-11H2,1H3,(H,22,23). The van der Waals surface area contributed by atoms with Crippen LogP contribution in [-0.2, 0) is 16.1 Å². The summed E-state index contributed by atoms with van der Waals surface area (Å²) in [6.07, 6.45) is 3.80. The predicted octanol–water partition coefficient (Wildman–Crippen LogP) is 2.04. The molecule has 0 saturated carbocycles. The van der Waals surface area contributed by atoms with Crippen molar-refractivity contribution < 1.29 is 14.7 Å². The highest BCUT2D eigenvalue weighted by Gasteiger charge is 2.32. The van der Waals surface area contributed by atoms with E-state index >= 15 is 0 Å². The van der Waals surface area contributed by atoms with Gasteiger partial charge in [-0.25, -0.2) is 0 Å². The lowest BCUT2D eigenvalue weighted by molar-refractivity contribution is -0.141. The van der Waals surface area contributed by atoms with Gasteiger partial charge in [-0.05, 0) is 24.1 Å². The fraction of sp³-hybridized carbons (Fsp3) is 0.353. The van der Waals surface area contributed by atoms with E-state index in [0.29, 0.717) is 13.0 Å². The molecule has 1 aromatic carbocycles. The number of amides is 1. The molecular formula is C17H19N3O3. The van der Waals surface area contributed by atoms with Crippen molar-refractivity contribution in [2.24, 2.45) is 0 Å². The number of carboxylic acid groups (broad SMARTS) is 1. The van der Waals surface area contributed by atoms with Crippen LogP contribution in [0.5, 0.6) is 0 Å². The number of hydrogen-bond acceptors (Lipinski definition) is 3. The number of nitrogens with zero attached hydrogens (tertiary/aromatic N) is 3. The molecule has 1 N–H and O–H groups in total. The first-order valence-corrected chi connectivity index (χ1v) is 7.63. The second kappa shape index (κ2) is 6.24. The first-order chi connectivity index (χ1) is 11.1. The van der Waals surface area contributed by atoms with Crippen LogP contribution in [0.2, 0.25) is 0 Å². The van der Waals surface area contributed by atoms with Crippen LogP contribution in [0.15, 0.2) is 42.7 Å². The number of fused-ring (bicyclic) bond motifs is 1. The smallest absolute Gasteiger partial charge is 0.312 e. The van der Waals surface area contributed by atoms with Crippen molar-refractivity contribution in [3.05, 3.63) is 53.9 Å². The van der Waals surface area contributed by atoms with Crippen molar-refractivity contribution in [3.8, 4) is 0 Å². The summed E-state index contributed by atoms with van der Waals surface area (Å²) in [4.78, 5) is 25.8. The fourth-order valence-electron chi connectivity index (χ4n) is 3.02. The average molecular weight is 313 g/mol. The van der Waals surface area contributed by atoms with Gasteiger partial charge in [-0.15, -0.1) is 0 Å². The molecule has 1 amide bonds. The highest BCUT2D eigenvalue weighted by Crippen LogP contribution is 2.29. The van der Waals surface area contributed by atoms with Crippen molar-refractivity contribution in [1.82, 2.24) is 14.7 Å². The van der Waals surface area contributed by atoms with Crippen molar-refractivity contribution in [2.45, 2.75) is 31.8 Å². The highest BCUT2D eigenvalue weighted by atomic mass is 16.4. The minimum Gasteiger partial charge on any atom is -0.481 e. The van der Waals surface area contributed by atoms with Crippen LogP contribution < -0.4 is 0 Å². The third-order valence-electron chi connectivity index (χ3n) is 4.29. The maximum Gasteiger partial charge on any atom is 0.312 e. The fourth-order valence-corrected chi connectivity index (χ4v) is 3.02. The van der Waals surface area contributed by atoms with Gasteiger partial charge in [0.05, 0.1) is 12.0 Å². The van der Waals surface area contributed by atoms with Gasteiger partial charge in [0.2, 0.25) is 5.91 Å². The van der Waals surface area contributed by atoms with E-state index in [4.69, 9.17) is 0 Å². The Bertz CT molecular complexity index is 712. The van der Waals surface area contributed by atoms with Crippen LogP contribution >= 0.6 is 0 Å². The predicted molar refractivity (Wildman–Crippen MR) is 83.8 cm³/mol. The van der Waals surface area contributed by atoms with Crippen molar-refractivity contribution >= 4 is 11.9 Å². The zero-order valence-corrected chi connectivity index (χ0v) is 12.9. The second-order valence-corrected chi connectivity index (χ2v) is 5.90. The van der Waals surface area contributed by atoms with Gasteiger partial charge in [-0.2, -0.15) is 5.10 Å². The molecule has 6 heteroatoms. The first kappa shape index (κ1) is 15.3. The Hall–Kier alpha value is -2.63. The molecule has 6 nitrogen and oxygen atoms in total. The molecule has 2 heterocycles. The molecule has 0 radical (unpaired) electrons. The summed E-state index contributed by atoms with van der Waals surface area (Å²) in [5, 5.41) is 13.6. The number of carboxylic acids is 1. The number of hydrogen-bond donors (Lipinski definition) is 1. The maximum absolute atomic E-state index is 12.6. The minimum absolute atomic E-state index is 0.0475. The van der Waals surface area contributed by atoms with E-state index in [1.807, 2.05) is 43.5 Å². The van der Waals surface area contributed by atoms with Crippen LogP contribution in [0.1, 0.15) is 36.4 Å². The summed E-state index contributed by atoms with van der Waals surface area (Å²) in [7, 11) is 0. The molecule has 0 aliphatic carbocycles. The molecular weight excluding hydrogens is 294 g/mol. The lowest BCUT2D eigenvalue weighted by Gasteiger charge is -2.33. The number of carbonyl (C=O) groups excluding carboxylic acids is 1. The molecule has 3 rings (SSSR count). The zero-order chi connectivity index (χ0) is 16.4. The van der Waals surface area contributed by atoms with E-state index in [1.165, 1.54) is 0 Å². The quantitative estimate of drug-likeness (QED) is 0.937.